The summed E-state index contributed by atoms with van der Waals surface area (Å²) < 4.78 is 7.27. The number of ether oxygens (including phenoxy) is 1. The van der Waals surface area contributed by atoms with Crippen molar-refractivity contribution in [3.63, 3.8) is 0 Å². The Balaban J connectivity index is 1.80. The molecule has 1 atom stereocenters. The molecular formula is C23H23N5O2. The largest absolute Gasteiger partial charge is 0.378 e. The van der Waals surface area contributed by atoms with Crippen LogP contribution in [0.4, 0.5) is 5.95 Å². The van der Waals surface area contributed by atoms with Crippen molar-refractivity contribution in [2.24, 2.45) is 0 Å². The number of ketones is 1. The van der Waals surface area contributed by atoms with E-state index < -0.39 is 5.92 Å². The van der Waals surface area contributed by atoms with Gasteiger partial charge in [0.1, 0.15) is 0 Å². The topological polar surface area (TPSA) is 84.0 Å². The summed E-state index contributed by atoms with van der Waals surface area (Å²) in [7, 11) is 0. The molecule has 0 spiro atoms. The monoisotopic (exact) mass is 401 g/mol. The number of benzene rings is 2. The van der Waals surface area contributed by atoms with Crippen molar-refractivity contribution >= 4 is 11.7 Å². The van der Waals surface area contributed by atoms with E-state index in [-0.39, 0.29) is 5.78 Å². The summed E-state index contributed by atoms with van der Waals surface area (Å²) in [5, 5.41) is 18.6. The van der Waals surface area contributed by atoms with E-state index in [0.29, 0.717) is 43.6 Å². The van der Waals surface area contributed by atoms with Crippen LogP contribution in [0.15, 0.2) is 48.5 Å². The molecule has 4 rings (SSSR count). The van der Waals surface area contributed by atoms with Gasteiger partial charge >= 0.3 is 0 Å². The lowest BCUT2D eigenvalue weighted by atomic mass is 9.95. The molecule has 0 aliphatic carbocycles. The van der Waals surface area contributed by atoms with Gasteiger partial charge in [-0.1, -0.05) is 30.3 Å². The average Bonchev–Trinajstić information content (AvgIpc) is 3.22. The lowest BCUT2D eigenvalue weighted by Crippen LogP contribution is -2.38. The molecule has 1 aromatic heterocycles. The smallest absolute Gasteiger partial charge is 0.232 e. The van der Waals surface area contributed by atoms with E-state index in [2.05, 4.69) is 21.2 Å². The second-order valence-corrected chi connectivity index (χ2v) is 7.35. The molecule has 0 amide bonds. The third-order valence-electron chi connectivity index (χ3n) is 5.42. The first kappa shape index (κ1) is 19.8. The second kappa shape index (κ2) is 8.47. The second-order valence-electron chi connectivity index (χ2n) is 7.35. The summed E-state index contributed by atoms with van der Waals surface area (Å²) in [6.45, 7) is 6.49. The maximum absolute atomic E-state index is 13.3. The number of hydrogen-bond donors (Lipinski definition) is 0. The van der Waals surface area contributed by atoms with Gasteiger partial charge in [-0.3, -0.25) is 9.36 Å². The Morgan fingerprint density at radius 3 is 2.47 bits per heavy atom. The maximum Gasteiger partial charge on any atom is 0.232 e. The van der Waals surface area contributed by atoms with Crippen molar-refractivity contribution in [2.75, 3.05) is 31.2 Å². The highest BCUT2D eigenvalue weighted by Gasteiger charge is 2.31. The Morgan fingerprint density at radius 2 is 1.80 bits per heavy atom. The van der Waals surface area contributed by atoms with Crippen LogP contribution in [0.1, 0.15) is 33.2 Å². The minimum Gasteiger partial charge on any atom is -0.378 e. The summed E-state index contributed by atoms with van der Waals surface area (Å²) in [4.78, 5) is 15.3. The third kappa shape index (κ3) is 3.70. The predicted molar refractivity (Wildman–Crippen MR) is 113 cm³/mol. The van der Waals surface area contributed by atoms with Crippen LogP contribution >= 0.6 is 0 Å². The number of aromatic nitrogens is 3. The van der Waals surface area contributed by atoms with Gasteiger partial charge in [0.15, 0.2) is 17.5 Å². The van der Waals surface area contributed by atoms with E-state index in [1.54, 1.807) is 6.07 Å². The van der Waals surface area contributed by atoms with Crippen LogP contribution in [0.25, 0.3) is 5.69 Å². The van der Waals surface area contributed by atoms with Crippen LogP contribution in [0, 0.1) is 25.2 Å². The van der Waals surface area contributed by atoms with E-state index in [9.17, 15) is 10.1 Å². The SMILES string of the molecule is Cc1ccc(C(=O)C(C#N)c2nnc(N3CCOCC3)n2-c2ccccc2)cc1C. The molecule has 1 fully saturated rings. The molecule has 1 aliphatic rings. The molecule has 0 bridgehead atoms. The van der Waals surface area contributed by atoms with Gasteiger partial charge in [0.25, 0.3) is 0 Å². The number of hydrogen-bond acceptors (Lipinski definition) is 6. The fourth-order valence-corrected chi connectivity index (χ4v) is 3.56. The molecule has 30 heavy (non-hydrogen) atoms. The van der Waals surface area contributed by atoms with Crippen LogP contribution in [-0.4, -0.2) is 46.9 Å². The molecule has 0 N–H and O–H groups in total. The fourth-order valence-electron chi connectivity index (χ4n) is 3.56. The van der Waals surface area contributed by atoms with Gasteiger partial charge < -0.3 is 9.64 Å². The molecule has 1 saturated heterocycles. The first-order valence-electron chi connectivity index (χ1n) is 9.94. The summed E-state index contributed by atoms with van der Waals surface area (Å²) in [6.07, 6.45) is 0. The number of aryl methyl sites for hydroxylation is 2. The Kier molecular flexibility index (Phi) is 5.59. The molecule has 3 aromatic rings. The zero-order chi connectivity index (χ0) is 21.1. The first-order chi connectivity index (χ1) is 14.6. The highest BCUT2D eigenvalue weighted by molar-refractivity contribution is 6.02. The summed E-state index contributed by atoms with van der Waals surface area (Å²) in [5.41, 5.74) is 3.42. The van der Waals surface area contributed by atoms with Gasteiger partial charge in [-0.05, 0) is 43.2 Å². The Morgan fingerprint density at radius 1 is 1.07 bits per heavy atom. The van der Waals surface area contributed by atoms with Crippen LogP contribution in [0.5, 0.6) is 0 Å². The predicted octanol–water partition coefficient (Wildman–Crippen LogP) is 3.21. The van der Waals surface area contributed by atoms with E-state index in [4.69, 9.17) is 4.74 Å². The number of carbonyl (C=O) groups excluding carboxylic acids is 1. The molecule has 7 heteroatoms. The number of morpholine rings is 1. The molecule has 2 heterocycles. The zero-order valence-corrected chi connectivity index (χ0v) is 17.1. The van der Waals surface area contributed by atoms with Gasteiger partial charge in [0.05, 0.1) is 25.0 Å². The van der Waals surface area contributed by atoms with Gasteiger partial charge in [-0.15, -0.1) is 10.2 Å². The molecule has 0 saturated carbocycles. The van der Waals surface area contributed by atoms with Crippen LogP contribution < -0.4 is 4.90 Å². The summed E-state index contributed by atoms with van der Waals surface area (Å²) in [6, 6.07) is 17.2. The fraction of sp³-hybridized carbons (Fsp3) is 0.304. The average molecular weight is 401 g/mol. The number of carbonyl (C=O) groups is 1. The Bertz CT molecular complexity index is 1090. The molecule has 7 nitrogen and oxygen atoms in total. The van der Waals surface area contributed by atoms with E-state index >= 15 is 0 Å². The third-order valence-corrected chi connectivity index (χ3v) is 5.42. The van der Waals surface area contributed by atoms with Crippen molar-refractivity contribution in [3.8, 4) is 11.8 Å². The van der Waals surface area contributed by atoms with Crippen LogP contribution in [0.3, 0.4) is 0 Å². The zero-order valence-electron chi connectivity index (χ0n) is 17.1. The lowest BCUT2D eigenvalue weighted by molar-refractivity contribution is 0.0975. The summed E-state index contributed by atoms with van der Waals surface area (Å²) >= 11 is 0. The van der Waals surface area contributed by atoms with Crippen molar-refractivity contribution in [1.29, 1.82) is 5.26 Å². The number of para-hydroxylation sites is 1. The quantitative estimate of drug-likeness (QED) is 0.611. The van der Waals surface area contributed by atoms with E-state index in [0.717, 1.165) is 16.8 Å². The highest BCUT2D eigenvalue weighted by Crippen LogP contribution is 2.28. The van der Waals surface area contributed by atoms with Crippen molar-refractivity contribution in [3.05, 3.63) is 71.0 Å². The molecule has 0 radical (unpaired) electrons. The number of nitriles is 1. The standard InChI is InChI=1S/C23H23N5O2/c1-16-8-9-18(14-17(16)2)21(29)20(15-24)22-25-26-23(27-10-12-30-13-11-27)28(22)19-6-4-3-5-7-19/h3-9,14,20H,10-13H2,1-2H3. The minimum absolute atomic E-state index is 0.279. The van der Waals surface area contributed by atoms with Crippen molar-refractivity contribution in [1.82, 2.24) is 14.8 Å². The normalized spacial score (nSPS) is 14.9. The molecule has 1 unspecified atom stereocenters. The Hall–Kier alpha value is -3.50. The van der Waals surface area contributed by atoms with E-state index in [1.165, 1.54) is 0 Å². The molecule has 152 valence electrons. The van der Waals surface area contributed by atoms with Gasteiger partial charge in [-0.2, -0.15) is 5.26 Å². The van der Waals surface area contributed by atoms with Gasteiger partial charge in [0.2, 0.25) is 5.95 Å². The van der Waals surface area contributed by atoms with Crippen LogP contribution in [0.2, 0.25) is 0 Å². The maximum atomic E-state index is 13.3. The van der Waals surface area contributed by atoms with Crippen molar-refractivity contribution in [2.45, 2.75) is 19.8 Å². The molecule has 1 aliphatic heterocycles. The number of anilines is 1. The number of Topliss-reactive ketones (excluding diaryl/α,β-unsaturated/α-hetero) is 1. The summed E-state index contributed by atoms with van der Waals surface area (Å²) in [5.74, 6) is -0.394. The van der Waals surface area contributed by atoms with Crippen LogP contribution in [-0.2, 0) is 4.74 Å². The number of nitrogens with zero attached hydrogens (tertiary/aromatic N) is 5. The molecular weight excluding hydrogens is 378 g/mol. The van der Waals surface area contributed by atoms with E-state index in [1.807, 2.05) is 60.9 Å². The highest BCUT2D eigenvalue weighted by atomic mass is 16.5. The molecule has 2 aromatic carbocycles. The lowest BCUT2D eigenvalue weighted by Gasteiger charge is -2.28. The van der Waals surface area contributed by atoms with Gasteiger partial charge in [0, 0.05) is 18.7 Å². The minimum atomic E-state index is -1.06. The number of rotatable bonds is 5. The Labute approximate surface area is 175 Å². The van der Waals surface area contributed by atoms with Gasteiger partial charge in [-0.25, -0.2) is 0 Å². The first-order valence-corrected chi connectivity index (χ1v) is 9.94. The van der Waals surface area contributed by atoms with Crippen molar-refractivity contribution < 1.29 is 9.53 Å².